The van der Waals surface area contributed by atoms with Crippen LogP contribution in [0.3, 0.4) is 0 Å². The summed E-state index contributed by atoms with van der Waals surface area (Å²) in [4.78, 5) is 39.0. The number of nitrogens with zero attached hydrogens (tertiary/aromatic N) is 1. The van der Waals surface area contributed by atoms with E-state index in [1.165, 1.54) is 18.4 Å². The molecule has 28 heavy (non-hydrogen) atoms. The summed E-state index contributed by atoms with van der Waals surface area (Å²) < 4.78 is 5.23. The summed E-state index contributed by atoms with van der Waals surface area (Å²) in [5.74, 6) is -0.628. The van der Waals surface area contributed by atoms with Gasteiger partial charge in [0.1, 0.15) is 5.76 Å². The minimum absolute atomic E-state index is 0.0603. The van der Waals surface area contributed by atoms with Gasteiger partial charge in [-0.1, -0.05) is 25.1 Å². The number of carbonyl (C=O) groups is 3. The normalized spacial score (nSPS) is 13.0. The van der Waals surface area contributed by atoms with Crippen LogP contribution in [-0.2, 0) is 13.0 Å². The third-order valence-electron chi connectivity index (χ3n) is 4.77. The zero-order valence-corrected chi connectivity index (χ0v) is 15.3. The van der Waals surface area contributed by atoms with Crippen LogP contribution in [0, 0.1) is 0 Å². The molecule has 0 saturated carbocycles. The lowest BCUT2D eigenvalue weighted by molar-refractivity contribution is 0.0631. The number of hydrogen-bond donors (Lipinski definition) is 1. The molecule has 6 nitrogen and oxygen atoms in total. The van der Waals surface area contributed by atoms with Crippen molar-refractivity contribution in [2.24, 2.45) is 0 Å². The van der Waals surface area contributed by atoms with E-state index >= 15 is 0 Å². The van der Waals surface area contributed by atoms with Gasteiger partial charge >= 0.3 is 0 Å². The number of anilines is 1. The highest BCUT2D eigenvalue weighted by Crippen LogP contribution is 2.26. The van der Waals surface area contributed by atoms with Crippen LogP contribution in [0.15, 0.2) is 65.3 Å². The first-order valence-electron chi connectivity index (χ1n) is 9.00. The first-order valence-corrected chi connectivity index (χ1v) is 9.00. The van der Waals surface area contributed by atoms with Crippen LogP contribution < -0.4 is 5.32 Å². The van der Waals surface area contributed by atoms with Gasteiger partial charge in [-0.3, -0.25) is 19.3 Å². The second-order valence-corrected chi connectivity index (χ2v) is 6.50. The van der Waals surface area contributed by atoms with Crippen molar-refractivity contribution in [1.82, 2.24) is 4.90 Å². The summed E-state index contributed by atoms with van der Waals surface area (Å²) in [7, 11) is 0. The zero-order chi connectivity index (χ0) is 19.7. The molecule has 0 bridgehead atoms. The molecule has 0 spiro atoms. The maximum absolute atomic E-state index is 12.7. The smallest absolute Gasteiger partial charge is 0.261 e. The molecule has 1 aliphatic heterocycles. The Hall–Kier alpha value is -3.67. The van der Waals surface area contributed by atoms with Crippen molar-refractivity contribution in [3.05, 3.63) is 88.9 Å². The molecule has 0 saturated heterocycles. The summed E-state index contributed by atoms with van der Waals surface area (Å²) in [6.45, 7) is 2.07. The summed E-state index contributed by atoms with van der Waals surface area (Å²) >= 11 is 0. The lowest BCUT2D eigenvalue weighted by atomic mass is 10.0. The minimum Gasteiger partial charge on any atom is -0.467 e. The van der Waals surface area contributed by atoms with Crippen molar-refractivity contribution in [1.29, 1.82) is 0 Å². The molecule has 0 unspecified atom stereocenters. The lowest BCUT2D eigenvalue weighted by Crippen LogP contribution is -2.28. The van der Waals surface area contributed by atoms with Crippen LogP contribution in [0.1, 0.15) is 49.3 Å². The molecule has 0 aliphatic carbocycles. The van der Waals surface area contributed by atoms with Crippen LogP contribution >= 0.6 is 0 Å². The predicted molar refractivity (Wildman–Crippen MR) is 103 cm³/mol. The molecule has 6 heteroatoms. The highest BCUT2D eigenvalue weighted by Gasteiger charge is 2.36. The van der Waals surface area contributed by atoms with Crippen LogP contribution in [0.5, 0.6) is 0 Å². The second kappa shape index (κ2) is 7.15. The van der Waals surface area contributed by atoms with Crippen LogP contribution in [0.25, 0.3) is 0 Å². The maximum atomic E-state index is 12.7. The van der Waals surface area contributed by atoms with Crippen molar-refractivity contribution >= 4 is 23.4 Å². The van der Waals surface area contributed by atoms with Crippen molar-refractivity contribution in [2.75, 3.05) is 5.32 Å². The van der Waals surface area contributed by atoms with Gasteiger partial charge in [0.05, 0.1) is 23.9 Å². The Morgan fingerprint density at radius 1 is 1.00 bits per heavy atom. The summed E-state index contributed by atoms with van der Waals surface area (Å²) in [5.41, 5.74) is 2.60. The molecule has 1 aliphatic rings. The highest BCUT2D eigenvalue weighted by molar-refractivity contribution is 6.22. The fourth-order valence-electron chi connectivity index (χ4n) is 3.28. The molecule has 3 aromatic rings. The highest BCUT2D eigenvalue weighted by atomic mass is 16.3. The van der Waals surface area contributed by atoms with Gasteiger partial charge in [-0.25, -0.2) is 0 Å². The first-order chi connectivity index (χ1) is 13.6. The number of aryl methyl sites for hydroxylation is 1. The number of fused-ring (bicyclic) bond motifs is 1. The van der Waals surface area contributed by atoms with Gasteiger partial charge in [0.25, 0.3) is 17.7 Å². The number of para-hydroxylation sites is 1. The molecule has 2 heterocycles. The topological polar surface area (TPSA) is 79.6 Å². The van der Waals surface area contributed by atoms with Gasteiger partial charge in [-0.2, -0.15) is 0 Å². The van der Waals surface area contributed by atoms with E-state index < -0.39 is 5.91 Å². The van der Waals surface area contributed by atoms with Gasteiger partial charge < -0.3 is 9.73 Å². The third kappa shape index (κ3) is 3.09. The Morgan fingerprint density at radius 2 is 1.79 bits per heavy atom. The van der Waals surface area contributed by atoms with Crippen molar-refractivity contribution in [3.8, 4) is 0 Å². The number of benzene rings is 2. The lowest BCUT2D eigenvalue weighted by Gasteiger charge is -2.11. The molecule has 4 rings (SSSR count). The Bertz CT molecular complexity index is 1070. The van der Waals surface area contributed by atoms with E-state index in [-0.39, 0.29) is 23.9 Å². The number of carbonyl (C=O) groups excluding carboxylic acids is 3. The maximum Gasteiger partial charge on any atom is 0.261 e. The minimum atomic E-state index is -0.431. The molecule has 0 fully saturated rings. The number of amides is 3. The van der Waals surface area contributed by atoms with Crippen LogP contribution in [-0.4, -0.2) is 22.6 Å². The monoisotopic (exact) mass is 374 g/mol. The second-order valence-electron chi connectivity index (χ2n) is 6.50. The van der Waals surface area contributed by atoms with E-state index in [0.717, 1.165) is 22.6 Å². The summed E-state index contributed by atoms with van der Waals surface area (Å²) in [6.07, 6.45) is 2.28. The Kier molecular flexibility index (Phi) is 4.53. The van der Waals surface area contributed by atoms with Crippen molar-refractivity contribution in [3.63, 3.8) is 0 Å². The molecular weight excluding hydrogens is 356 g/mol. The van der Waals surface area contributed by atoms with Crippen molar-refractivity contribution < 1.29 is 18.8 Å². The summed E-state index contributed by atoms with van der Waals surface area (Å²) in [5, 5.41) is 2.88. The SMILES string of the molecule is CCc1ccccc1NC(=O)c1ccc2c(c1)C(=O)N(Cc1ccco1)C2=O. The number of nitrogens with one attached hydrogen (secondary N) is 1. The predicted octanol–water partition coefficient (Wildman–Crippen LogP) is 3.89. The fraction of sp³-hybridized carbons (Fsp3) is 0.136. The average molecular weight is 374 g/mol. The van der Waals surface area contributed by atoms with Gasteiger partial charge in [-0.15, -0.1) is 0 Å². The van der Waals surface area contributed by atoms with Gasteiger partial charge in [-0.05, 0) is 48.4 Å². The molecule has 3 amide bonds. The van der Waals surface area contributed by atoms with E-state index in [0.29, 0.717) is 16.9 Å². The fourth-order valence-corrected chi connectivity index (χ4v) is 3.28. The molecule has 2 aromatic carbocycles. The largest absolute Gasteiger partial charge is 0.467 e. The van der Waals surface area contributed by atoms with E-state index in [1.807, 2.05) is 31.2 Å². The van der Waals surface area contributed by atoms with E-state index in [2.05, 4.69) is 5.32 Å². The molecule has 1 aromatic heterocycles. The summed E-state index contributed by atoms with van der Waals surface area (Å²) in [6, 6.07) is 15.5. The zero-order valence-electron chi connectivity index (χ0n) is 15.3. The van der Waals surface area contributed by atoms with Gasteiger partial charge in [0, 0.05) is 11.3 Å². The van der Waals surface area contributed by atoms with E-state index in [9.17, 15) is 14.4 Å². The van der Waals surface area contributed by atoms with E-state index in [4.69, 9.17) is 4.42 Å². The van der Waals surface area contributed by atoms with Crippen molar-refractivity contribution in [2.45, 2.75) is 19.9 Å². The number of imide groups is 1. The standard InChI is InChI=1S/C22H18N2O4/c1-2-14-6-3-4-8-19(14)23-20(25)15-9-10-17-18(12-15)22(27)24(21(17)26)13-16-7-5-11-28-16/h3-12H,2,13H2,1H3,(H,23,25). The Morgan fingerprint density at radius 3 is 2.54 bits per heavy atom. The van der Waals surface area contributed by atoms with Crippen LogP contribution in [0.4, 0.5) is 5.69 Å². The number of hydrogen-bond acceptors (Lipinski definition) is 4. The van der Waals surface area contributed by atoms with Gasteiger partial charge in [0.15, 0.2) is 0 Å². The average Bonchev–Trinajstić information content (AvgIpc) is 3.31. The number of furan rings is 1. The van der Waals surface area contributed by atoms with E-state index in [1.54, 1.807) is 18.2 Å². The number of rotatable bonds is 5. The quantitative estimate of drug-likeness (QED) is 0.687. The molecule has 140 valence electrons. The first kappa shape index (κ1) is 17.7. The molecule has 0 atom stereocenters. The molecular formula is C22H18N2O4. The van der Waals surface area contributed by atoms with Crippen LogP contribution in [0.2, 0.25) is 0 Å². The van der Waals surface area contributed by atoms with Gasteiger partial charge in [0.2, 0.25) is 0 Å². The Labute approximate surface area is 161 Å². The third-order valence-corrected chi connectivity index (χ3v) is 4.77. The molecule has 0 radical (unpaired) electrons. The Balaban J connectivity index is 1.58. The molecule has 1 N–H and O–H groups in total.